The summed E-state index contributed by atoms with van der Waals surface area (Å²) >= 11 is 0. The minimum atomic E-state index is 0.661. The predicted molar refractivity (Wildman–Crippen MR) is 39.1 cm³/mol. The highest BCUT2D eigenvalue weighted by molar-refractivity contribution is 5.39. The van der Waals surface area contributed by atoms with Gasteiger partial charge < -0.3 is 0 Å². The molecule has 2 atom stereocenters. The standard InChI is InChI=1S/C9H12/c1-3-4-8-6-9(8)5-7(9)2/h3,8H,1-2,4-6H2/t8?,9-/m1/s1. The third-order valence-electron chi connectivity index (χ3n) is 2.79. The van der Waals surface area contributed by atoms with Gasteiger partial charge in [-0.1, -0.05) is 18.2 Å². The quantitative estimate of drug-likeness (QED) is 0.491. The molecule has 1 spiro atoms. The van der Waals surface area contributed by atoms with Crippen LogP contribution in [-0.4, -0.2) is 0 Å². The maximum Gasteiger partial charge on any atom is -0.00187 e. The smallest absolute Gasteiger partial charge is 0.00187 e. The summed E-state index contributed by atoms with van der Waals surface area (Å²) < 4.78 is 0. The first-order valence-electron chi connectivity index (χ1n) is 3.59. The molecule has 0 aromatic carbocycles. The van der Waals surface area contributed by atoms with Crippen LogP contribution in [0.2, 0.25) is 0 Å². The monoisotopic (exact) mass is 120 g/mol. The summed E-state index contributed by atoms with van der Waals surface area (Å²) in [5.41, 5.74) is 2.16. The fourth-order valence-electron chi connectivity index (χ4n) is 1.88. The average Bonchev–Trinajstić information content (AvgIpc) is 2.58. The minimum absolute atomic E-state index is 0.661. The summed E-state index contributed by atoms with van der Waals surface area (Å²) in [5, 5.41) is 0. The summed E-state index contributed by atoms with van der Waals surface area (Å²) in [7, 11) is 0. The van der Waals surface area contributed by atoms with Gasteiger partial charge in [-0.05, 0) is 30.6 Å². The molecular formula is C9H12. The number of rotatable bonds is 2. The first-order chi connectivity index (χ1) is 4.29. The Morgan fingerprint density at radius 1 is 1.78 bits per heavy atom. The Bertz CT molecular complexity index is 178. The van der Waals surface area contributed by atoms with Crippen molar-refractivity contribution in [2.75, 3.05) is 0 Å². The maximum absolute atomic E-state index is 3.98. The van der Waals surface area contributed by atoms with E-state index in [1.54, 1.807) is 0 Å². The van der Waals surface area contributed by atoms with E-state index in [1.165, 1.54) is 24.8 Å². The minimum Gasteiger partial charge on any atom is -0.103 e. The molecule has 48 valence electrons. The molecule has 2 saturated carbocycles. The van der Waals surface area contributed by atoms with Gasteiger partial charge in [0.2, 0.25) is 0 Å². The lowest BCUT2D eigenvalue weighted by atomic mass is 10.2. The third kappa shape index (κ3) is 0.536. The molecule has 0 N–H and O–H groups in total. The zero-order valence-electron chi connectivity index (χ0n) is 5.69. The molecule has 0 aliphatic heterocycles. The van der Waals surface area contributed by atoms with Crippen molar-refractivity contribution in [3.63, 3.8) is 0 Å². The molecule has 0 saturated heterocycles. The Labute approximate surface area is 56.3 Å². The molecule has 0 heterocycles. The van der Waals surface area contributed by atoms with Gasteiger partial charge in [-0.25, -0.2) is 0 Å². The van der Waals surface area contributed by atoms with Crippen molar-refractivity contribution in [2.24, 2.45) is 11.3 Å². The highest BCUT2D eigenvalue weighted by Gasteiger charge is 2.64. The van der Waals surface area contributed by atoms with Gasteiger partial charge in [-0.3, -0.25) is 0 Å². The van der Waals surface area contributed by atoms with Gasteiger partial charge in [0.15, 0.2) is 0 Å². The van der Waals surface area contributed by atoms with Crippen molar-refractivity contribution in [1.82, 2.24) is 0 Å². The SMILES string of the molecule is C=CCC1C[C@@]12CC2=C. The topological polar surface area (TPSA) is 0 Å². The van der Waals surface area contributed by atoms with E-state index in [-0.39, 0.29) is 0 Å². The van der Waals surface area contributed by atoms with E-state index in [0.717, 1.165) is 5.92 Å². The fraction of sp³-hybridized carbons (Fsp3) is 0.556. The molecule has 0 radical (unpaired) electrons. The maximum atomic E-state index is 3.98. The second-order valence-electron chi connectivity index (χ2n) is 3.36. The van der Waals surface area contributed by atoms with E-state index < -0.39 is 0 Å². The van der Waals surface area contributed by atoms with Crippen LogP contribution in [0.5, 0.6) is 0 Å². The fourth-order valence-corrected chi connectivity index (χ4v) is 1.88. The summed E-state index contributed by atoms with van der Waals surface area (Å²) in [6.07, 6.45) is 5.95. The Hall–Kier alpha value is -0.520. The van der Waals surface area contributed by atoms with Gasteiger partial charge >= 0.3 is 0 Å². The van der Waals surface area contributed by atoms with Crippen LogP contribution in [0.3, 0.4) is 0 Å². The van der Waals surface area contributed by atoms with Crippen molar-refractivity contribution in [3.05, 3.63) is 24.8 Å². The largest absolute Gasteiger partial charge is 0.103 e. The molecule has 2 rings (SSSR count). The van der Waals surface area contributed by atoms with Crippen LogP contribution in [0.4, 0.5) is 0 Å². The van der Waals surface area contributed by atoms with Crippen molar-refractivity contribution in [3.8, 4) is 0 Å². The number of hydrogen-bond donors (Lipinski definition) is 0. The van der Waals surface area contributed by atoms with Crippen LogP contribution in [0.1, 0.15) is 19.3 Å². The lowest BCUT2D eigenvalue weighted by Crippen LogP contribution is -1.75. The van der Waals surface area contributed by atoms with Gasteiger partial charge in [0.1, 0.15) is 0 Å². The lowest BCUT2D eigenvalue weighted by molar-refractivity contribution is 0.740. The van der Waals surface area contributed by atoms with Crippen LogP contribution in [0.25, 0.3) is 0 Å². The van der Waals surface area contributed by atoms with E-state index in [1.807, 2.05) is 6.08 Å². The molecule has 0 amide bonds. The van der Waals surface area contributed by atoms with Crippen LogP contribution in [0, 0.1) is 11.3 Å². The van der Waals surface area contributed by atoms with Gasteiger partial charge in [0.25, 0.3) is 0 Å². The summed E-state index contributed by atoms with van der Waals surface area (Å²) in [4.78, 5) is 0. The summed E-state index contributed by atoms with van der Waals surface area (Å²) in [6, 6.07) is 0. The molecule has 0 bridgehead atoms. The van der Waals surface area contributed by atoms with Gasteiger partial charge in [-0.15, -0.1) is 6.58 Å². The molecule has 0 nitrogen and oxygen atoms in total. The van der Waals surface area contributed by atoms with E-state index in [9.17, 15) is 0 Å². The van der Waals surface area contributed by atoms with Gasteiger partial charge in [0, 0.05) is 0 Å². The first kappa shape index (κ1) is 5.28. The molecule has 0 aromatic heterocycles. The van der Waals surface area contributed by atoms with Crippen LogP contribution >= 0.6 is 0 Å². The summed E-state index contributed by atoms with van der Waals surface area (Å²) in [6.45, 7) is 7.71. The first-order valence-corrected chi connectivity index (χ1v) is 3.59. The Morgan fingerprint density at radius 2 is 2.44 bits per heavy atom. The van der Waals surface area contributed by atoms with E-state index in [4.69, 9.17) is 0 Å². The molecule has 9 heavy (non-hydrogen) atoms. The lowest BCUT2D eigenvalue weighted by Gasteiger charge is -1.84. The number of hydrogen-bond acceptors (Lipinski definition) is 0. The molecule has 2 fully saturated rings. The molecule has 1 unspecified atom stereocenters. The molecule has 2 aliphatic rings. The van der Waals surface area contributed by atoms with Crippen LogP contribution in [-0.2, 0) is 0 Å². The van der Waals surface area contributed by atoms with E-state index >= 15 is 0 Å². The van der Waals surface area contributed by atoms with Gasteiger partial charge in [0.05, 0.1) is 0 Å². The highest BCUT2D eigenvalue weighted by atomic mass is 14.7. The second kappa shape index (κ2) is 1.31. The van der Waals surface area contributed by atoms with Gasteiger partial charge in [-0.2, -0.15) is 0 Å². The normalized spacial score (nSPS) is 45.3. The van der Waals surface area contributed by atoms with E-state index in [2.05, 4.69) is 13.2 Å². The highest BCUT2D eigenvalue weighted by Crippen LogP contribution is 2.74. The molecule has 0 aromatic rings. The van der Waals surface area contributed by atoms with Crippen LogP contribution < -0.4 is 0 Å². The van der Waals surface area contributed by atoms with Crippen LogP contribution in [0.15, 0.2) is 24.8 Å². The van der Waals surface area contributed by atoms with Crippen molar-refractivity contribution >= 4 is 0 Å². The Kier molecular flexibility index (Phi) is 0.769. The zero-order chi connectivity index (χ0) is 6.48. The Morgan fingerprint density at radius 3 is 2.78 bits per heavy atom. The summed E-state index contributed by atoms with van der Waals surface area (Å²) in [5.74, 6) is 0.933. The van der Waals surface area contributed by atoms with Crippen molar-refractivity contribution in [2.45, 2.75) is 19.3 Å². The zero-order valence-corrected chi connectivity index (χ0v) is 5.69. The molecule has 2 aliphatic carbocycles. The average molecular weight is 120 g/mol. The molecular weight excluding hydrogens is 108 g/mol. The van der Waals surface area contributed by atoms with E-state index in [0.29, 0.717) is 5.41 Å². The molecule has 0 heteroatoms. The predicted octanol–water partition coefficient (Wildman–Crippen LogP) is 2.53. The second-order valence-corrected chi connectivity index (χ2v) is 3.36. The third-order valence-corrected chi connectivity index (χ3v) is 2.79. The van der Waals surface area contributed by atoms with Crippen molar-refractivity contribution < 1.29 is 0 Å². The Balaban J connectivity index is 1.96. The number of allylic oxidation sites excluding steroid dienone is 2. The van der Waals surface area contributed by atoms with Crippen molar-refractivity contribution in [1.29, 1.82) is 0 Å².